The van der Waals surface area contributed by atoms with Crippen molar-refractivity contribution in [2.24, 2.45) is 4.99 Å². The van der Waals surface area contributed by atoms with E-state index in [1.807, 2.05) is 47.6 Å². The first-order valence-corrected chi connectivity index (χ1v) is 11.4. The Bertz CT molecular complexity index is 1190. The third-order valence-corrected chi connectivity index (χ3v) is 6.49. The molecule has 0 unspecified atom stereocenters. The molecule has 1 aromatic heterocycles. The smallest absolute Gasteiger partial charge is 0.254 e. The van der Waals surface area contributed by atoms with Crippen molar-refractivity contribution in [3.63, 3.8) is 0 Å². The lowest BCUT2D eigenvalue weighted by molar-refractivity contribution is 0.0643. The van der Waals surface area contributed by atoms with Crippen molar-refractivity contribution in [3.05, 3.63) is 66.0 Å². The number of para-hydroxylation sites is 1. The molecule has 3 heterocycles. The normalized spacial score (nSPS) is 16.8. The molecule has 2 aliphatic heterocycles. The maximum Gasteiger partial charge on any atom is 0.254 e. The summed E-state index contributed by atoms with van der Waals surface area (Å²) in [6.07, 6.45) is 3.73. The lowest BCUT2D eigenvalue weighted by Gasteiger charge is -2.34. The van der Waals surface area contributed by atoms with Crippen molar-refractivity contribution in [2.45, 2.75) is 6.92 Å². The number of fused-ring (bicyclic) bond motifs is 1. The number of aliphatic imine (C=N–C) groups is 1. The van der Waals surface area contributed by atoms with Gasteiger partial charge in [-0.1, -0.05) is 25.1 Å². The Morgan fingerprint density at radius 2 is 1.91 bits per heavy atom. The molecule has 1 fully saturated rings. The highest BCUT2D eigenvalue weighted by Crippen LogP contribution is 2.36. The van der Waals surface area contributed by atoms with E-state index in [0.29, 0.717) is 17.9 Å². The summed E-state index contributed by atoms with van der Waals surface area (Å²) in [6.45, 7) is 7.15. The van der Waals surface area contributed by atoms with Crippen LogP contribution in [0.5, 0.6) is 5.75 Å². The van der Waals surface area contributed by atoms with Crippen LogP contribution in [0.2, 0.25) is 0 Å². The van der Waals surface area contributed by atoms with Gasteiger partial charge in [-0.15, -0.1) is 0 Å². The van der Waals surface area contributed by atoms with Crippen LogP contribution in [0.3, 0.4) is 0 Å². The summed E-state index contributed by atoms with van der Waals surface area (Å²) in [5.41, 5.74) is 4.59. The summed E-state index contributed by atoms with van der Waals surface area (Å²) in [4.78, 5) is 27.5. The standard InChI is InChI=1S/C26H29N5O2/c1-3-29-12-14-30(15-13-29)26(32)20-8-9-23(25(17-20)33-2)31-11-10-27-18-24(31)22-16-19-6-4-5-7-21(19)28-22/h4-10,16-18,28H,3,11-15H2,1-2H3. The van der Waals surface area contributed by atoms with E-state index in [2.05, 4.69) is 44.9 Å². The second kappa shape index (κ2) is 9.11. The zero-order chi connectivity index (χ0) is 22.8. The van der Waals surface area contributed by atoms with Gasteiger partial charge in [0, 0.05) is 48.9 Å². The molecule has 170 valence electrons. The topological polar surface area (TPSA) is 64.2 Å². The largest absolute Gasteiger partial charge is 0.495 e. The van der Waals surface area contributed by atoms with Crippen LogP contribution in [0.4, 0.5) is 5.69 Å². The van der Waals surface area contributed by atoms with Gasteiger partial charge in [-0.3, -0.25) is 9.79 Å². The number of rotatable bonds is 5. The van der Waals surface area contributed by atoms with Crippen molar-refractivity contribution < 1.29 is 9.53 Å². The highest BCUT2D eigenvalue weighted by Gasteiger charge is 2.25. The summed E-state index contributed by atoms with van der Waals surface area (Å²) in [7, 11) is 1.65. The second-order valence-corrected chi connectivity index (χ2v) is 8.34. The monoisotopic (exact) mass is 443 g/mol. The quantitative estimate of drug-likeness (QED) is 0.651. The average molecular weight is 444 g/mol. The SMILES string of the molecule is CCN1CCN(C(=O)c2ccc(N3CC=NC=C3c3cc4ccccc4[nH]3)c(OC)c2)CC1. The average Bonchev–Trinajstić information content (AvgIpc) is 3.32. The number of carbonyl (C=O) groups is 1. The summed E-state index contributed by atoms with van der Waals surface area (Å²) in [5.74, 6) is 0.729. The summed E-state index contributed by atoms with van der Waals surface area (Å²) >= 11 is 0. The highest BCUT2D eigenvalue weighted by molar-refractivity contribution is 5.97. The number of aromatic nitrogens is 1. The first-order valence-electron chi connectivity index (χ1n) is 11.4. The molecule has 0 radical (unpaired) electrons. The second-order valence-electron chi connectivity index (χ2n) is 8.34. The molecule has 7 heteroatoms. The zero-order valence-electron chi connectivity index (χ0n) is 19.1. The van der Waals surface area contributed by atoms with Gasteiger partial charge >= 0.3 is 0 Å². The van der Waals surface area contributed by atoms with E-state index in [4.69, 9.17) is 4.74 Å². The fourth-order valence-corrected chi connectivity index (χ4v) is 4.56. The fraction of sp³-hybridized carbons (Fsp3) is 0.308. The number of anilines is 1. The number of carbonyl (C=O) groups excluding carboxylic acids is 1. The van der Waals surface area contributed by atoms with Gasteiger partial charge in [0.2, 0.25) is 0 Å². The first kappa shape index (κ1) is 21.3. The van der Waals surface area contributed by atoms with Gasteiger partial charge in [-0.25, -0.2) is 0 Å². The number of piperazine rings is 1. The number of hydrogen-bond acceptors (Lipinski definition) is 5. The molecule has 3 aromatic rings. The molecule has 0 aliphatic carbocycles. The fourth-order valence-electron chi connectivity index (χ4n) is 4.56. The molecular weight excluding hydrogens is 414 g/mol. The number of benzene rings is 2. The van der Waals surface area contributed by atoms with E-state index in [-0.39, 0.29) is 5.91 Å². The molecule has 0 bridgehead atoms. The molecule has 5 rings (SSSR count). The lowest BCUT2D eigenvalue weighted by Crippen LogP contribution is -2.48. The Morgan fingerprint density at radius 3 is 2.67 bits per heavy atom. The van der Waals surface area contributed by atoms with E-state index < -0.39 is 0 Å². The van der Waals surface area contributed by atoms with Crippen molar-refractivity contribution >= 4 is 34.4 Å². The number of amides is 1. The molecule has 0 saturated carbocycles. The molecule has 0 spiro atoms. The maximum atomic E-state index is 13.1. The number of likely N-dealkylation sites (N-methyl/N-ethyl adjacent to an activating group) is 1. The highest BCUT2D eigenvalue weighted by atomic mass is 16.5. The molecule has 1 amide bonds. The molecule has 1 saturated heterocycles. The minimum atomic E-state index is 0.0576. The molecule has 2 aliphatic rings. The van der Waals surface area contributed by atoms with Crippen LogP contribution >= 0.6 is 0 Å². The van der Waals surface area contributed by atoms with Gasteiger partial charge in [-0.05, 0) is 36.9 Å². The number of aromatic amines is 1. The van der Waals surface area contributed by atoms with E-state index in [1.54, 1.807) is 7.11 Å². The lowest BCUT2D eigenvalue weighted by atomic mass is 10.1. The summed E-state index contributed by atoms with van der Waals surface area (Å²) in [5, 5.41) is 1.15. The summed E-state index contributed by atoms with van der Waals surface area (Å²) in [6, 6.07) is 16.1. The molecule has 2 aromatic carbocycles. The number of ether oxygens (including phenoxy) is 1. The maximum absolute atomic E-state index is 13.1. The van der Waals surface area contributed by atoms with Crippen LogP contribution in [0.1, 0.15) is 23.0 Å². The summed E-state index contributed by atoms with van der Waals surface area (Å²) < 4.78 is 5.75. The predicted octanol–water partition coefficient (Wildman–Crippen LogP) is 3.84. The molecule has 33 heavy (non-hydrogen) atoms. The molecule has 0 atom stereocenters. The number of nitrogens with one attached hydrogen (secondary N) is 1. The van der Waals surface area contributed by atoms with E-state index in [9.17, 15) is 4.79 Å². The van der Waals surface area contributed by atoms with Gasteiger partial charge in [0.25, 0.3) is 5.91 Å². The van der Waals surface area contributed by atoms with Crippen LogP contribution < -0.4 is 9.64 Å². The van der Waals surface area contributed by atoms with Crippen LogP contribution in [-0.2, 0) is 0 Å². The third kappa shape index (κ3) is 4.12. The Balaban J connectivity index is 1.43. The van der Waals surface area contributed by atoms with Crippen LogP contribution in [0.25, 0.3) is 16.6 Å². The minimum absolute atomic E-state index is 0.0576. The minimum Gasteiger partial charge on any atom is -0.495 e. The molecular formula is C26H29N5O2. The first-order chi connectivity index (χ1) is 16.2. The van der Waals surface area contributed by atoms with Crippen LogP contribution in [-0.4, -0.2) is 73.3 Å². The Hall–Kier alpha value is -3.58. The van der Waals surface area contributed by atoms with Crippen molar-refractivity contribution in [3.8, 4) is 5.75 Å². The van der Waals surface area contributed by atoms with Gasteiger partial charge in [-0.2, -0.15) is 0 Å². The Morgan fingerprint density at radius 1 is 1.09 bits per heavy atom. The number of hydrogen-bond donors (Lipinski definition) is 1. The van der Waals surface area contributed by atoms with E-state index in [0.717, 1.165) is 60.7 Å². The number of methoxy groups -OCH3 is 1. The van der Waals surface area contributed by atoms with Gasteiger partial charge < -0.3 is 24.4 Å². The Kier molecular flexibility index (Phi) is 5.88. The van der Waals surface area contributed by atoms with E-state index >= 15 is 0 Å². The predicted molar refractivity (Wildman–Crippen MR) is 133 cm³/mol. The van der Waals surface area contributed by atoms with Crippen molar-refractivity contribution in [1.82, 2.24) is 14.8 Å². The van der Waals surface area contributed by atoms with Crippen LogP contribution in [0, 0.1) is 0 Å². The zero-order valence-corrected chi connectivity index (χ0v) is 19.1. The van der Waals surface area contributed by atoms with Crippen molar-refractivity contribution in [2.75, 3.05) is 51.3 Å². The van der Waals surface area contributed by atoms with Gasteiger partial charge in [0.1, 0.15) is 5.75 Å². The van der Waals surface area contributed by atoms with Crippen molar-refractivity contribution in [1.29, 1.82) is 0 Å². The Labute approximate surface area is 194 Å². The van der Waals surface area contributed by atoms with Crippen LogP contribution in [0.15, 0.2) is 59.7 Å². The molecule has 1 N–H and O–H groups in total. The third-order valence-electron chi connectivity index (χ3n) is 6.49. The van der Waals surface area contributed by atoms with Gasteiger partial charge in [0.05, 0.1) is 36.9 Å². The number of H-pyrrole nitrogens is 1. The van der Waals surface area contributed by atoms with Gasteiger partial charge in [0.15, 0.2) is 0 Å². The number of nitrogens with zero attached hydrogens (tertiary/aromatic N) is 4. The van der Waals surface area contributed by atoms with E-state index in [1.165, 1.54) is 0 Å². The molecule has 7 nitrogen and oxygen atoms in total.